The van der Waals surface area contributed by atoms with Crippen LogP contribution in [0.2, 0.25) is 0 Å². The second-order valence-corrected chi connectivity index (χ2v) is 8.20. The molecule has 4 aromatic rings. The molecule has 1 amide bonds. The minimum atomic E-state index is -0.266. The molecule has 3 N–H and O–H groups in total. The summed E-state index contributed by atoms with van der Waals surface area (Å²) >= 11 is 0. The van der Waals surface area contributed by atoms with Crippen LogP contribution in [0.25, 0.3) is 5.65 Å². The fourth-order valence-electron chi connectivity index (χ4n) is 4.63. The predicted octanol–water partition coefficient (Wildman–Crippen LogP) is 2.91. The first kappa shape index (κ1) is 19.6. The van der Waals surface area contributed by atoms with E-state index in [1.54, 1.807) is 16.9 Å². The number of nitrogens with zero attached hydrogens (tertiary/aromatic N) is 5. The topological polar surface area (TPSA) is 110 Å². The second kappa shape index (κ2) is 7.80. The molecular formula is C23H24N8O2. The highest BCUT2D eigenvalue weighted by Gasteiger charge is 2.29. The number of imidazole rings is 2. The van der Waals surface area contributed by atoms with Crippen molar-refractivity contribution in [2.75, 3.05) is 24.3 Å². The number of aryl methyl sites for hydroxylation is 2. The van der Waals surface area contributed by atoms with Crippen LogP contribution in [0.15, 0.2) is 42.9 Å². The van der Waals surface area contributed by atoms with E-state index < -0.39 is 0 Å². The summed E-state index contributed by atoms with van der Waals surface area (Å²) in [6, 6.07) is 7.66. The van der Waals surface area contributed by atoms with Crippen LogP contribution >= 0.6 is 0 Å². The van der Waals surface area contributed by atoms with Crippen molar-refractivity contribution in [3.05, 3.63) is 59.9 Å². The summed E-state index contributed by atoms with van der Waals surface area (Å²) in [5, 5.41) is 14.0. The zero-order chi connectivity index (χ0) is 22.4. The Morgan fingerprint density at radius 1 is 1.21 bits per heavy atom. The number of aromatic nitrogens is 5. The Hall–Kier alpha value is -4.08. The van der Waals surface area contributed by atoms with Gasteiger partial charge in [0.25, 0.3) is 5.91 Å². The van der Waals surface area contributed by atoms with Gasteiger partial charge >= 0.3 is 0 Å². The summed E-state index contributed by atoms with van der Waals surface area (Å²) < 4.78 is 9.58. The van der Waals surface area contributed by atoms with E-state index in [-0.39, 0.29) is 11.9 Å². The third kappa shape index (κ3) is 3.25. The molecule has 0 aliphatic carbocycles. The number of anilines is 3. The van der Waals surface area contributed by atoms with Crippen LogP contribution in [0.3, 0.4) is 0 Å². The highest BCUT2D eigenvalue weighted by atomic mass is 16.5. The standard InChI is InChI=1S/C23H24N8O2/c1-24-16-7-9-26-31-18(23(32)28-17-8-11-30-12-10-25-21(17)30)20(29-22(16)31)27-15-6-2-4-14-5-3-13-33-19(14)15/h2,4,6-7,9-10,12,17,24,27H,3,5,8,11,13H2,1H3,(H,28,32). The number of amides is 1. The Bertz CT molecular complexity index is 1360. The maximum Gasteiger partial charge on any atom is 0.274 e. The number of benzene rings is 1. The number of fused-ring (bicyclic) bond motifs is 3. The van der Waals surface area contributed by atoms with Gasteiger partial charge in [-0.1, -0.05) is 12.1 Å². The van der Waals surface area contributed by atoms with E-state index >= 15 is 0 Å². The van der Waals surface area contributed by atoms with Crippen molar-refractivity contribution in [3.63, 3.8) is 0 Å². The molecule has 0 saturated carbocycles. The Kier molecular flexibility index (Phi) is 4.63. The zero-order valence-electron chi connectivity index (χ0n) is 18.2. The molecule has 2 aliphatic rings. The molecule has 1 aromatic carbocycles. The van der Waals surface area contributed by atoms with E-state index in [2.05, 4.69) is 36.7 Å². The van der Waals surface area contributed by atoms with Gasteiger partial charge < -0.3 is 25.3 Å². The van der Waals surface area contributed by atoms with Crippen molar-refractivity contribution in [3.8, 4) is 5.75 Å². The van der Waals surface area contributed by atoms with Crippen molar-refractivity contribution in [1.29, 1.82) is 0 Å². The Balaban J connectivity index is 1.42. The largest absolute Gasteiger partial charge is 0.491 e. The fourth-order valence-corrected chi connectivity index (χ4v) is 4.63. The van der Waals surface area contributed by atoms with E-state index in [1.165, 1.54) is 0 Å². The van der Waals surface area contributed by atoms with Crippen molar-refractivity contribution < 1.29 is 9.53 Å². The zero-order valence-corrected chi connectivity index (χ0v) is 18.2. The molecule has 1 atom stereocenters. The van der Waals surface area contributed by atoms with Gasteiger partial charge in [-0.05, 0) is 37.0 Å². The Morgan fingerprint density at radius 3 is 3.06 bits per heavy atom. The highest BCUT2D eigenvalue weighted by molar-refractivity contribution is 6.00. The SMILES string of the molecule is CNc1ccnn2c(C(=O)NC3CCn4ccnc43)c(Nc3cccc4c3OCCC4)nc12. The first-order chi connectivity index (χ1) is 16.2. The number of rotatable bonds is 5. The van der Waals surface area contributed by atoms with E-state index in [9.17, 15) is 4.79 Å². The number of ether oxygens (including phenoxy) is 1. The molecule has 6 rings (SSSR count). The lowest BCUT2D eigenvalue weighted by Gasteiger charge is -2.20. The number of hydrogen-bond acceptors (Lipinski definition) is 7. The predicted molar refractivity (Wildman–Crippen MR) is 123 cm³/mol. The lowest BCUT2D eigenvalue weighted by atomic mass is 10.1. The van der Waals surface area contributed by atoms with Crippen molar-refractivity contribution >= 4 is 28.7 Å². The molecule has 5 heterocycles. The molecule has 3 aromatic heterocycles. The van der Waals surface area contributed by atoms with Crippen LogP contribution < -0.4 is 20.7 Å². The molecule has 168 valence electrons. The first-order valence-corrected chi connectivity index (χ1v) is 11.1. The molecule has 10 nitrogen and oxygen atoms in total. The van der Waals surface area contributed by atoms with Gasteiger partial charge in [0.15, 0.2) is 17.2 Å². The Labute approximate surface area is 190 Å². The molecule has 1 unspecified atom stereocenters. The molecule has 10 heteroatoms. The summed E-state index contributed by atoms with van der Waals surface area (Å²) in [6.07, 6.45) is 8.09. The highest BCUT2D eigenvalue weighted by Crippen LogP contribution is 2.36. The third-order valence-corrected chi connectivity index (χ3v) is 6.21. The maximum atomic E-state index is 13.6. The molecule has 2 aliphatic heterocycles. The normalized spacial score (nSPS) is 16.7. The van der Waals surface area contributed by atoms with Gasteiger partial charge in [-0.15, -0.1) is 0 Å². The maximum absolute atomic E-state index is 13.6. The third-order valence-electron chi connectivity index (χ3n) is 6.21. The van der Waals surface area contributed by atoms with E-state index in [4.69, 9.17) is 9.72 Å². The van der Waals surface area contributed by atoms with Crippen molar-refractivity contribution in [2.24, 2.45) is 0 Å². The van der Waals surface area contributed by atoms with Crippen LogP contribution in [0.1, 0.15) is 40.8 Å². The van der Waals surface area contributed by atoms with Crippen LogP contribution in [-0.4, -0.2) is 43.7 Å². The number of carbonyl (C=O) groups is 1. The number of para-hydroxylation sites is 1. The van der Waals surface area contributed by atoms with Gasteiger partial charge in [-0.3, -0.25) is 4.79 Å². The van der Waals surface area contributed by atoms with Gasteiger partial charge in [0.2, 0.25) is 0 Å². The molecule has 0 spiro atoms. The minimum absolute atomic E-state index is 0.161. The smallest absolute Gasteiger partial charge is 0.274 e. The Morgan fingerprint density at radius 2 is 2.15 bits per heavy atom. The van der Waals surface area contributed by atoms with E-state index in [1.807, 2.05) is 31.4 Å². The van der Waals surface area contributed by atoms with E-state index in [0.717, 1.165) is 54.3 Å². The van der Waals surface area contributed by atoms with Crippen LogP contribution in [0, 0.1) is 0 Å². The molecule has 0 radical (unpaired) electrons. The van der Waals surface area contributed by atoms with Gasteiger partial charge in [0.1, 0.15) is 11.6 Å². The summed E-state index contributed by atoms with van der Waals surface area (Å²) in [5.41, 5.74) is 3.60. The van der Waals surface area contributed by atoms with Gasteiger partial charge in [0, 0.05) is 26.0 Å². The molecular weight excluding hydrogens is 420 g/mol. The lowest BCUT2D eigenvalue weighted by molar-refractivity contribution is 0.0929. The van der Waals surface area contributed by atoms with Gasteiger partial charge in [-0.2, -0.15) is 5.10 Å². The van der Waals surface area contributed by atoms with E-state index in [0.29, 0.717) is 23.8 Å². The average Bonchev–Trinajstić information content (AvgIpc) is 3.54. The van der Waals surface area contributed by atoms with Crippen LogP contribution in [-0.2, 0) is 13.0 Å². The average molecular weight is 444 g/mol. The molecule has 0 fully saturated rings. The fraction of sp³-hybridized carbons (Fsp3) is 0.304. The number of hydrogen-bond donors (Lipinski definition) is 3. The summed E-state index contributed by atoms with van der Waals surface area (Å²) in [4.78, 5) is 22.7. The molecule has 0 saturated heterocycles. The monoisotopic (exact) mass is 444 g/mol. The molecule has 33 heavy (non-hydrogen) atoms. The first-order valence-electron chi connectivity index (χ1n) is 11.1. The van der Waals surface area contributed by atoms with Crippen molar-refractivity contribution in [1.82, 2.24) is 29.5 Å². The number of carbonyl (C=O) groups excluding carboxylic acids is 1. The summed E-state index contributed by atoms with van der Waals surface area (Å²) in [7, 11) is 1.82. The van der Waals surface area contributed by atoms with Crippen molar-refractivity contribution in [2.45, 2.75) is 31.8 Å². The minimum Gasteiger partial charge on any atom is -0.491 e. The summed E-state index contributed by atoms with van der Waals surface area (Å²) in [5.74, 6) is 1.83. The number of nitrogens with one attached hydrogen (secondary N) is 3. The lowest BCUT2D eigenvalue weighted by Crippen LogP contribution is -2.29. The second-order valence-electron chi connectivity index (χ2n) is 8.20. The summed E-state index contributed by atoms with van der Waals surface area (Å²) in [6.45, 7) is 1.50. The molecule has 0 bridgehead atoms. The van der Waals surface area contributed by atoms with Crippen LogP contribution in [0.5, 0.6) is 5.75 Å². The van der Waals surface area contributed by atoms with Crippen LogP contribution in [0.4, 0.5) is 17.2 Å². The van der Waals surface area contributed by atoms with Gasteiger partial charge in [0.05, 0.1) is 30.2 Å². The van der Waals surface area contributed by atoms with Gasteiger partial charge in [-0.25, -0.2) is 14.5 Å². The quantitative estimate of drug-likeness (QED) is 0.434.